The molecule has 1 amide bonds. The Labute approximate surface area is 140 Å². The third kappa shape index (κ3) is 2.95. The summed E-state index contributed by atoms with van der Waals surface area (Å²) in [5, 5.41) is 5.66. The minimum absolute atomic E-state index is 0.0789. The van der Waals surface area contributed by atoms with Crippen LogP contribution in [0, 0.1) is 5.92 Å². The fourth-order valence-electron chi connectivity index (χ4n) is 2.72. The zero-order chi connectivity index (χ0) is 17.1. The van der Waals surface area contributed by atoms with Crippen LogP contribution >= 0.6 is 0 Å². The van der Waals surface area contributed by atoms with Gasteiger partial charge in [0.15, 0.2) is 11.5 Å². The molecule has 0 N–H and O–H groups in total. The number of carbonyl (C=O) groups excluding carboxylic acids is 1. The van der Waals surface area contributed by atoms with Crippen LogP contribution in [0.3, 0.4) is 0 Å². The molecule has 24 heavy (non-hydrogen) atoms. The summed E-state index contributed by atoms with van der Waals surface area (Å²) in [6.45, 7) is 1.78. The van der Waals surface area contributed by atoms with Crippen LogP contribution in [0.1, 0.15) is 12.5 Å². The van der Waals surface area contributed by atoms with E-state index in [-0.39, 0.29) is 17.9 Å². The van der Waals surface area contributed by atoms with Gasteiger partial charge >= 0.3 is 0 Å². The molecule has 0 aromatic heterocycles. The van der Waals surface area contributed by atoms with Gasteiger partial charge in [0.05, 0.1) is 32.4 Å². The summed E-state index contributed by atoms with van der Waals surface area (Å²) in [5.74, 6) is 1.46. The van der Waals surface area contributed by atoms with Gasteiger partial charge < -0.3 is 9.47 Å². The van der Waals surface area contributed by atoms with E-state index in [1.54, 1.807) is 39.5 Å². The topological polar surface area (TPSA) is 63.5 Å². The molecule has 0 radical (unpaired) electrons. The summed E-state index contributed by atoms with van der Waals surface area (Å²) < 4.78 is 10.5. The maximum Gasteiger partial charge on any atom is 0.257 e. The fraction of sp³-hybridized carbons (Fsp3) is 0.278. The van der Waals surface area contributed by atoms with E-state index in [1.165, 1.54) is 5.01 Å². The molecule has 0 spiro atoms. The standard InChI is InChI=1S/C18H19N3O3/c1-12-20-15-7-5-4-6-14(15)18(22)21(12)19-11-13-8-9-16(23-2)17(10-13)24-3/h4-11,14-15H,1-3H3. The number of benzene rings is 1. The lowest BCUT2D eigenvalue weighted by molar-refractivity contribution is -0.131. The Morgan fingerprint density at radius 3 is 2.67 bits per heavy atom. The summed E-state index contributed by atoms with van der Waals surface area (Å²) in [5.41, 5.74) is 0.800. The zero-order valence-electron chi connectivity index (χ0n) is 13.8. The van der Waals surface area contributed by atoms with E-state index in [1.807, 2.05) is 30.4 Å². The van der Waals surface area contributed by atoms with E-state index in [9.17, 15) is 4.79 Å². The molecule has 2 atom stereocenters. The molecule has 2 aliphatic rings. The molecule has 0 saturated carbocycles. The first-order chi connectivity index (χ1) is 11.6. The Kier molecular flexibility index (Phi) is 4.46. The van der Waals surface area contributed by atoms with Crippen molar-refractivity contribution in [1.82, 2.24) is 5.01 Å². The van der Waals surface area contributed by atoms with Crippen molar-refractivity contribution in [2.75, 3.05) is 14.2 Å². The Balaban J connectivity index is 1.85. The third-order valence-corrected chi connectivity index (χ3v) is 3.97. The first-order valence-corrected chi connectivity index (χ1v) is 7.63. The molecule has 3 rings (SSSR count). The average molecular weight is 325 g/mol. The fourth-order valence-corrected chi connectivity index (χ4v) is 2.72. The van der Waals surface area contributed by atoms with Gasteiger partial charge in [-0.05, 0) is 30.7 Å². The Morgan fingerprint density at radius 1 is 1.17 bits per heavy atom. The van der Waals surface area contributed by atoms with Crippen molar-refractivity contribution in [3.8, 4) is 11.5 Å². The van der Waals surface area contributed by atoms with Crippen LogP contribution in [0.2, 0.25) is 0 Å². The van der Waals surface area contributed by atoms with Crippen LogP contribution in [0.25, 0.3) is 0 Å². The highest BCUT2D eigenvalue weighted by atomic mass is 16.5. The summed E-state index contributed by atoms with van der Waals surface area (Å²) in [4.78, 5) is 17.2. The van der Waals surface area contributed by atoms with Crippen molar-refractivity contribution in [3.63, 3.8) is 0 Å². The molecular weight excluding hydrogens is 306 g/mol. The van der Waals surface area contributed by atoms with Crippen molar-refractivity contribution in [2.45, 2.75) is 13.0 Å². The summed E-state index contributed by atoms with van der Waals surface area (Å²) in [7, 11) is 3.16. The van der Waals surface area contributed by atoms with Crippen LogP contribution < -0.4 is 9.47 Å². The summed E-state index contributed by atoms with van der Waals surface area (Å²) in [6.07, 6.45) is 9.18. The normalized spacial score (nSPS) is 22.5. The number of carbonyl (C=O) groups is 1. The highest BCUT2D eigenvalue weighted by Crippen LogP contribution is 2.27. The van der Waals surface area contributed by atoms with E-state index in [4.69, 9.17) is 9.47 Å². The van der Waals surface area contributed by atoms with E-state index >= 15 is 0 Å². The number of methoxy groups -OCH3 is 2. The molecule has 1 heterocycles. The molecule has 1 aromatic rings. The van der Waals surface area contributed by atoms with Gasteiger partial charge in [-0.25, -0.2) is 0 Å². The highest BCUT2D eigenvalue weighted by molar-refractivity contribution is 6.02. The first kappa shape index (κ1) is 16.0. The van der Waals surface area contributed by atoms with Gasteiger partial charge in [0, 0.05) is 0 Å². The number of hydrogen-bond donors (Lipinski definition) is 0. The summed E-state index contributed by atoms with van der Waals surface area (Å²) in [6, 6.07) is 5.31. The van der Waals surface area contributed by atoms with E-state index in [0.29, 0.717) is 17.3 Å². The Bertz CT molecular complexity index is 765. The molecule has 1 aliphatic carbocycles. The number of amidine groups is 1. The van der Waals surface area contributed by atoms with Gasteiger partial charge in [-0.1, -0.05) is 24.3 Å². The number of ether oxygens (including phenoxy) is 2. The van der Waals surface area contributed by atoms with Crippen molar-refractivity contribution in [3.05, 3.63) is 48.1 Å². The van der Waals surface area contributed by atoms with Gasteiger partial charge in [-0.15, -0.1) is 0 Å². The molecule has 124 valence electrons. The van der Waals surface area contributed by atoms with E-state index in [2.05, 4.69) is 10.1 Å². The van der Waals surface area contributed by atoms with Crippen molar-refractivity contribution >= 4 is 18.0 Å². The number of hydrogen-bond acceptors (Lipinski definition) is 5. The van der Waals surface area contributed by atoms with Crippen LogP contribution in [0.4, 0.5) is 0 Å². The average Bonchev–Trinajstić information content (AvgIpc) is 2.61. The quantitative estimate of drug-likeness (QED) is 0.799. The molecule has 0 bridgehead atoms. The van der Waals surface area contributed by atoms with Crippen LogP contribution in [0.15, 0.2) is 52.6 Å². The number of aliphatic imine (C=N–C) groups is 1. The number of allylic oxidation sites excluding steroid dienone is 2. The Hall–Kier alpha value is -2.89. The molecule has 1 aromatic carbocycles. The third-order valence-electron chi connectivity index (χ3n) is 3.97. The smallest absolute Gasteiger partial charge is 0.257 e. The molecule has 1 aliphatic heterocycles. The summed E-state index contributed by atoms with van der Waals surface area (Å²) >= 11 is 0. The lowest BCUT2D eigenvalue weighted by atomic mass is 9.93. The lowest BCUT2D eigenvalue weighted by Crippen LogP contribution is -2.44. The number of hydrazone groups is 1. The van der Waals surface area contributed by atoms with Crippen molar-refractivity contribution in [1.29, 1.82) is 0 Å². The lowest BCUT2D eigenvalue weighted by Gasteiger charge is -2.30. The van der Waals surface area contributed by atoms with Crippen LogP contribution in [-0.4, -0.2) is 43.2 Å². The second-order valence-corrected chi connectivity index (χ2v) is 5.47. The maximum atomic E-state index is 12.6. The second kappa shape index (κ2) is 6.70. The molecule has 0 saturated heterocycles. The van der Waals surface area contributed by atoms with E-state index < -0.39 is 0 Å². The van der Waals surface area contributed by atoms with Gasteiger partial charge in [-0.2, -0.15) is 10.1 Å². The van der Waals surface area contributed by atoms with E-state index in [0.717, 1.165) is 5.56 Å². The van der Waals surface area contributed by atoms with Gasteiger partial charge in [0.25, 0.3) is 5.91 Å². The molecular formula is C18H19N3O3. The molecule has 6 nitrogen and oxygen atoms in total. The minimum atomic E-state index is -0.291. The monoisotopic (exact) mass is 325 g/mol. The van der Waals surface area contributed by atoms with Gasteiger partial charge in [-0.3, -0.25) is 9.79 Å². The van der Waals surface area contributed by atoms with Crippen molar-refractivity contribution < 1.29 is 14.3 Å². The predicted molar refractivity (Wildman–Crippen MR) is 92.7 cm³/mol. The number of fused-ring (bicyclic) bond motifs is 1. The minimum Gasteiger partial charge on any atom is -0.493 e. The second-order valence-electron chi connectivity index (χ2n) is 5.47. The molecule has 2 unspecified atom stereocenters. The van der Waals surface area contributed by atoms with Crippen LogP contribution in [0.5, 0.6) is 11.5 Å². The van der Waals surface area contributed by atoms with Crippen molar-refractivity contribution in [2.24, 2.45) is 16.0 Å². The predicted octanol–water partition coefficient (Wildman–Crippen LogP) is 2.41. The molecule has 0 fully saturated rings. The Morgan fingerprint density at radius 2 is 1.92 bits per heavy atom. The first-order valence-electron chi connectivity index (χ1n) is 7.63. The SMILES string of the molecule is COc1ccc(C=NN2C(=O)C3C=CC=CC3N=C2C)cc1OC. The maximum absolute atomic E-state index is 12.6. The number of amides is 1. The van der Waals surface area contributed by atoms with Gasteiger partial charge in [0.1, 0.15) is 5.84 Å². The van der Waals surface area contributed by atoms with Gasteiger partial charge in [0.2, 0.25) is 0 Å². The number of nitrogens with zero attached hydrogens (tertiary/aromatic N) is 3. The van der Waals surface area contributed by atoms with Crippen LogP contribution in [-0.2, 0) is 4.79 Å². The zero-order valence-corrected chi connectivity index (χ0v) is 13.8. The highest BCUT2D eigenvalue weighted by Gasteiger charge is 2.35. The largest absolute Gasteiger partial charge is 0.493 e. The molecule has 6 heteroatoms. The number of rotatable bonds is 4.